The second-order valence-electron chi connectivity index (χ2n) is 3.61. The summed E-state index contributed by atoms with van der Waals surface area (Å²) in [5, 5.41) is 8.24. The first-order valence-corrected chi connectivity index (χ1v) is 4.79. The van der Waals surface area contributed by atoms with E-state index in [0.717, 1.165) is 16.7 Å². The van der Waals surface area contributed by atoms with Crippen molar-refractivity contribution in [1.29, 1.82) is 0 Å². The second-order valence-corrected chi connectivity index (χ2v) is 3.61. The number of nitrogens with zero attached hydrogens (tertiary/aromatic N) is 4. The molecule has 3 rings (SSSR count). The van der Waals surface area contributed by atoms with Gasteiger partial charge in [0.15, 0.2) is 5.65 Å². The first-order valence-electron chi connectivity index (χ1n) is 4.79. The summed E-state index contributed by atoms with van der Waals surface area (Å²) in [6.07, 6.45) is 4.15. The second kappa shape index (κ2) is 2.75. The zero-order valence-corrected chi connectivity index (χ0v) is 7.72. The Bertz CT molecular complexity index is 471. The predicted octanol–water partition coefficient (Wildman–Crippen LogP) is 0.620. The lowest BCUT2D eigenvalue weighted by Gasteiger charge is -1.98. The summed E-state index contributed by atoms with van der Waals surface area (Å²) in [6, 6.07) is 2.41. The molecule has 2 heterocycles. The van der Waals surface area contributed by atoms with Gasteiger partial charge in [0, 0.05) is 12.7 Å². The maximum Gasteiger partial charge on any atom is 0.179 e. The van der Waals surface area contributed by atoms with Crippen LogP contribution in [-0.4, -0.2) is 20.0 Å². The molecule has 2 N–H and O–H groups in total. The molecule has 0 aromatic carbocycles. The molecule has 0 unspecified atom stereocenters. The zero-order valence-electron chi connectivity index (χ0n) is 7.72. The van der Waals surface area contributed by atoms with Gasteiger partial charge >= 0.3 is 0 Å². The quantitative estimate of drug-likeness (QED) is 0.751. The van der Waals surface area contributed by atoms with Gasteiger partial charge in [-0.1, -0.05) is 5.21 Å². The van der Waals surface area contributed by atoms with E-state index >= 15 is 0 Å². The molecule has 0 radical (unpaired) electrons. The fraction of sp³-hybridized carbons (Fsp3) is 0.444. The van der Waals surface area contributed by atoms with E-state index < -0.39 is 0 Å². The SMILES string of the molecule is NCc1ccnc2c1nnn2C1CC1. The molecular formula is C9H11N5. The largest absolute Gasteiger partial charge is 0.326 e. The van der Waals surface area contributed by atoms with Crippen molar-refractivity contribution in [3.63, 3.8) is 0 Å². The van der Waals surface area contributed by atoms with Crippen LogP contribution in [0.5, 0.6) is 0 Å². The van der Waals surface area contributed by atoms with Gasteiger partial charge in [-0.15, -0.1) is 5.10 Å². The highest BCUT2D eigenvalue weighted by Crippen LogP contribution is 2.35. The number of fused-ring (bicyclic) bond motifs is 1. The minimum atomic E-state index is 0.488. The number of rotatable bonds is 2. The molecule has 1 aliphatic rings. The predicted molar refractivity (Wildman–Crippen MR) is 51.5 cm³/mol. The molecule has 0 spiro atoms. The molecule has 72 valence electrons. The van der Waals surface area contributed by atoms with E-state index in [4.69, 9.17) is 5.73 Å². The molecule has 1 aliphatic carbocycles. The molecular weight excluding hydrogens is 178 g/mol. The van der Waals surface area contributed by atoms with Gasteiger partial charge in [-0.2, -0.15) is 0 Å². The topological polar surface area (TPSA) is 69.6 Å². The molecule has 0 atom stereocenters. The lowest BCUT2D eigenvalue weighted by molar-refractivity contribution is 0.625. The van der Waals surface area contributed by atoms with Gasteiger partial charge in [-0.3, -0.25) is 0 Å². The minimum absolute atomic E-state index is 0.488. The maximum atomic E-state index is 5.61. The number of hydrogen-bond acceptors (Lipinski definition) is 4. The normalized spacial score (nSPS) is 16.4. The summed E-state index contributed by atoms with van der Waals surface area (Å²) >= 11 is 0. The third kappa shape index (κ3) is 1.02. The first-order chi connectivity index (χ1) is 6.90. The number of hydrogen-bond donors (Lipinski definition) is 1. The Hall–Kier alpha value is -1.49. The smallest absolute Gasteiger partial charge is 0.179 e. The highest BCUT2D eigenvalue weighted by atomic mass is 15.5. The molecule has 2 aromatic rings. The number of aromatic nitrogens is 4. The summed E-state index contributed by atoms with van der Waals surface area (Å²) in [6.45, 7) is 0.488. The summed E-state index contributed by atoms with van der Waals surface area (Å²) in [5.41, 5.74) is 8.35. The van der Waals surface area contributed by atoms with Gasteiger partial charge < -0.3 is 5.73 Å². The van der Waals surface area contributed by atoms with Crippen molar-refractivity contribution in [2.24, 2.45) is 5.73 Å². The van der Waals surface area contributed by atoms with Gasteiger partial charge in [-0.25, -0.2) is 9.67 Å². The van der Waals surface area contributed by atoms with Crippen LogP contribution < -0.4 is 5.73 Å². The van der Waals surface area contributed by atoms with Crippen LogP contribution >= 0.6 is 0 Å². The molecule has 0 saturated heterocycles. The third-order valence-electron chi connectivity index (χ3n) is 2.56. The van der Waals surface area contributed by atoms with Crippen molar-refractivity contribution < 1.29 is 0 Å². The monoisotopic (exact) mass is 189 g/mol. The Morgan fingerprint density at radius 3 is 3.07 bits per heavy atom. The fourth-order valence-electron chi connectivity index (χ4n) is 1.62. The van der Waals surface area contributed by atoms with E-state index in [1.54, 1.807) is 6.20 Å². The summed E-state index contributed by atoms with van der Waals surface area (Å²) in [5.74, 6) is 0. The van der Waals surface area contributed by atoms with Crippen LogP contribution in [0.15, 0.2) is 12.3 Å². The van der Waals surface area contributed by atoms with Gasteiger partial charge in [0.05, 0.1) is 6.04 Å². The number of nitrogens with two attached hydrogens (primary N) is 1. The van der Waals surface area contributed by atoms with E-state index in [0.29, 0.717) is 12.6 Å². The van der Waals surface area contributed by atoms with Crippen molar-refractivity contribution in [3.8, 4) is 0 Å². The van der Waals surface area contributed by atoms with Crippen molar-refractivity contribution >= 4 is 11.2 Å². The first kappa shape index (κ1) is 7.87. The molecule has 1 fully saturated rings. The Morgan fingerprint density at radius 2 is 2.36 bits per heavy atom. The molecule has 0 amide bonds. The van der Waals surface area contributed by atoms with Gasteiger partial charge in [0.2, 0.25) is 0 Å². The summed E-state index contributed by atoms with van der Waals surface area (Å²) < 4.78 is 1.91. The van der Waals surface area contributed by atoms with Gasteiger partial charge in [0.25, 0.3) is 0 Å². The van der Waals surface area contributed by atoms with E-state index in [9.17, 15) is 0 Å². The molecule has 14 heavy (non-hydrogen) atoms. The molecule has 0 bridgehead atoms. The van der Waals surface area contributed by atoms with Crippen LogP contribution in [0, 0.1) is 0 Å². The highest BCUT2D eigenvalue weighted by molar-refractivity contribution is 5.73. The van der Waals surface area contributed by atoms with Crippen molar-refractivity contribution in [2.75, 3.05) is 0 Å². The number of pyridine rings is 1. The van der Waals surface area contributed by atoms with Gasteiger partial charge in [0.1, 0.15) is 5.52 Å². The Kier molecular flexibility index (Phi) is 1.55. The fourth-order valence-corrected chi connectivity index (χ4v) is 1.62. The van der Waals surface area contributed by atoms with Crippen molar-refractivity contribution in [3.05, 3.63) is 17.8 Å². The zero-order chi connectivity index (χ0) is 9.54. The molecule has 5 heteroatoms. The van der Waals surface area contributed by atoms with Gasteiger partial charge in [-0.05, 0) is 24.5 Å². The van der Waals surface area contributed by atoms with E-state index in [2.05, 4.69) is 15.3 Å². The van der Waals surface area contributed by atoms with Crippen molar-refractivity contribution in [2.45, 2.75) is 25.4 Å². The molecule has 1 saturated carbocycles. The average molecular weight is 189 g/mol. The lowest BCUT2D eigenvalue weighted by Crippen LogP contribution is -1.99. The Labute approximate surface area is 80.9 Å². The highest BCUT2D eigenvalue weighted by Gasteiger charge is 2.27. The standard InChI is InChI=1S/C9H11N5/c10-5-6-3-4-11-9-8(6)12-13-14(9)7-1-2-7/h3-4,7H,1-2,5,10H2. The van der Waals surface area contributed by atoms with Crippen molar-refractivity contribution in [1.82, 2.24) is 20.0 Å². The van der Waals surface area contributed by atoms with E-state index in [1.165, 1.54) is 12.8 Å². The maximum absolute atomic E-state index is 5.61. The van der Waals surface area contributed by atoms with E-state index in [-0.39, 0.29) is 0 Å². The molecule has 2 aromatic heterocycles. The van der Waals surface area contributed by atoms with Crippen LogP contribution in [0.3, 0.4) is 0 Å². The van der Waals surface area contributed by atoms with Crippen LogP contribution in [0.1, 0.15) is 24.4 Å². The minimum Gasteiger partial charge on any atom is -0.326 e. The molecule has 5 nitrogen and oxygen atoms in total. The Morgan fingerprint density at radius 1 is 1.50 bits per heavy atom. The van der Waals surface area contributed by atoms with Crippen LogP contribution in [0.2, 0.25) is 0 Å². The van der Waals surface area contributed by atoms with Crippen LogP contribution in [0.25, 0.3) is 11.2 Å². The van der Waals surface area contributed by atoms with E-state index in [1.807, 2.05) is 10.7 Å². The summed E-state index contributed by atoms with van der Waals surface area (Å²) in [7, 11) is 0. The third-order valence-corrected chi connectivity index (χ3v) is 2.56. The Balaban J connectivity index is 2.25. The summed E-state index contributed by atoms with van der Waals surface area (Å²) in [4.78, 5) is 4.29. The van der Waals surface area contributed by atoms with Crippen LogP contribution in [0.4, 0.5) is 0 Å². The molecule has 0 aliphatic heterocycles. The average Bonchev–Trinajstić information content (AvgIpc) is 2.97. The lowest BCUT2D eigenvalue weighted by atomic mass is 10.2. The van der Waals surface area contributed by atoms with Crippen LogP contribution in [-0.2, 0) is 6.54 Å².